The zero-order chi connectivity index (χ0) is 13.7. The zero-order valence-electron chi connectivity index (χ0n) is 10.8. The van der Waals surface area contributed by atoms with E-state index < -0.39 is 0 Å². The van der Waals surface area contributed by atoms with Gasteiger partial charge in [0.25, 0.3) is 5.91 Å². The Kier molecular flexibility index (Phi) is 5.30. The van der Waals surface area contributed by atoms with Crippen molar-refractivity contribution in [3.63, 3.8) is 0 Å². The van der Waals surface area contributed by atoms with Gasteiger partial charge >= 0.3 is 0 Å². The van der Waals surface area contributed by atoms with E-state index in [0.717, 1.165) is 17.4 Å². The second-order valence-corrected chi connectivity index (χ2v) is 5.33. The molecule has 5 nitrogen and oxygen atoms in total. The van der Waals surface area contributed by atoms with Crippen molar-refractivity contribution in [3.8, 4) is 0 Å². The van der Waals surface area contributed by atoms with E-state index in [1.165, 1.54) is 0 Å². The van der Waals surface area contributed by atoms with Crippen molar-refractivity contribution in [1.82, 2.24) is 9.88 Å². The molecule has 0 radical (unpaired) electrons. The van der Waals surface area contributed by atoms with Crippen LogP contribution in [-0.2, 0) is 9.47 Å². The van der Waals surface area contributed by atoms with Crippen LogP contribution in [0.15, 0.2) is 22.9 Å². The highest BCUT2D eigenvalue weighted by Crippen LogP contribution is 2.17. The Morgan fingerprint density at radius 2 is 2.37 bits per heavy atom. The second-order valence-electron chi connectivity index (χ2n) is 4.42. The summed E-state index contributed by atoms with van der Waals surface area (Å²) < 4.78 is 11.4. The molecule has 1 saturated heterocycles. The molecule has 1 atom stereocenters. The van der Waals surface area contributed by atoms with Gasteiger partial charge < -0.3 is 14.4 Å². The van der Waals surface area contributed by atoms with Crippen molar-refractivity contribution >= 4 is 21.8 Å². The van der Waals surface area contributed by atoms with Crippen LogP contribution < -0.4 is 0 Å². The average molecular weight is 329 g/mol. The summed E-state index contributed by atoms with van der Waals surface area (Å²) in [5, 5.41) is 0. The first-order valence-corrected chi connectivity index (χ1v) is 7.00. The maximum atomic E-state index is 12.3. The monoisotopic (exact) mass is 328 g/mol. The molecule has 1 fully saturated rings. The van der Waals surface area contributed by atoms with Crippen molar-refractivity contribution in [2.45, 2.75) is 12.5 Å². The molecule has 1 aliphatic rings. The molecule has 2 rings (SSSR count). The third kappa shape index (κ3) is 3.99. The van der Waals surface area contributed by atoms with Gasteiger partial charge in [0.05, 0.1) is 24.9 Å². The summed E-state index contributed by atoms with van der Waals surface area (Å²) in [7, 11) is 1.65. The minimum Gasteiger partial charge on any atom is -0.382 e. The van der Waals surface area contributed by atoms with Gasteiger partial charge in [0.2, 0.25) is 0 Å². The lowest BCUT2D eigenvalue weighted by Gasteiger charge is -2.16. The van der Waals surface area contributed by atoms with Crippen molar-refractivity contribution in [3.05, 3.63) is 28.5 Å². The third-order valence-electron chi connectivity index (χ3n) is 3.03. The molecule has 1 unspecified atom stereocenters. The van der Waals surface area contributed by atoms with E-state index in [0.29, 0.717) is 25.3 Å². The van der Waals surface area contributed by atoms with E-state index in [4.69, 9.17) is 9.47 Å². The van der Waals surface area contributed by atoms with E-state index >= 15 is 0 Å². The van der Waals surface area contributed by atoms with E-state index in [1.807, 2.05) is 0 Å². The van der Waals surface area contributed by atoms with Crippen LogP contribution in [0.5, 0.6) is 0 Å². The Labute approximate surface area is 121 Å². The number of likely N-dealkylation sites (tertiary alicyclic amines) is 1. The fourth-order valence-corrected chi connectivity index (χ4v) is 2.42. The summed E-state index contributed by atoms with van der Waals surface area (Å²) in [4.78, 5) is 18.1. The Morgan fingerprint density at radius 3 is 3.11 bits per heavy atom. The smallest absolute Gasteiger partial charge is 0.255 e. The molecule has 1 aliphatic heterocycles. The normalized spacial score (nSPS) is 18.8. The molecule has 1 aromatic rings. The SMILES string of the molecule is COCCOC1CCN(C(=O)c2cncc(Br)c2)C1. The van der Waals surface area contributed by atoms with Gasteiger partial charge in [-0.2, -0.15) is 0 Å². The van der Waals surface area contributed by atoms with Gasteiger partial charge in [0.1, 0.15) is 0 Å². The van der Waals surface area contributed by atoms with Crippen molar-refractivity contribution in [2.24, 2.45) is 0 Å². The number of rotatable bonds is 5. The second kappa shape index (κ2) is 6.98. The maximum Gasteiger partial charge on any atom is 0.255 e. The molecule has 0 N–H and O–H groups in total. The quantitative estimate of drug-likeness (QED) is 0.772. The molecule has 0 bridgehead atoms. The first-order valence-electron chi connectivity index (χ1n) is 6.21. The first kappa shape index (κ1) is 14.4. The van der Waals surface area contributed by atoms with Crippen LogP contribution in [0, 0.1) is 0 Å². The number of nitrogens with zero attached hydrogens (tertiary/aromatic N) is 2. The number of amides is 1. The zero-order valence-corrected chi connectivity index (χ0v) is 12.4. The number of carbonyl (C=O) groups is 1. The van der Waals surface area contributed by atoms with Gasteiger partial charge in [-0.3, -0.25) is 9.78 Å². The summed E-state index contributed by atoms with van der Waals surface area (Å²) in [5.41, 5.74) is 0.604. The largest absolute Gasteiger partial charge is 0.382 e. The fourth-order valence-electron chi connectivity index (χ4n) is 2.06. The van der Waals surface area contributed by atoms with Crippen LogP contribution in [0.1, 0.15) is 16.8 Å². The molecule has 0 saturated carbocycles. The van der Waals surface area contributed by atoms with Gasteiger partial charge in [-0.15, -0.1) is 0 Å². The minimum absolute atomic E-state index is 0.00615. The van der Waals surface area contributed by atoms with Gasteiger partial charge in [-0.1, -0.05) is 0 Å². The molecule has 19 heavy (non-hydrogen) atoms. The number of hydrogen-bond donors (Lipinski definition) is 0. The van der Waals surface area contributed by atoms with Crippen LogP contribution in [0.4, 0.5) is 0 Å². The fraction of sp³-hybridized carbons (Fsp3) is 0.538. The van der Waals surface area contributed by atoms with Crippen LogP contribution in [0.2, 0.25) is 0 Å². The number of pyridine rings is 1. The molecule has 1 amide bonds. The molecule has 0 aromatic carbocycles. The van der Waals surface area contributed by atoms with Crippen molar-refractivity contribution in [2.75, 3.05) is 33.4 Å². The molecule has 1 aromatic heterocycles. The Hall–Kier alpha value is -0.980. The number of aromatic nitrogens is 1. The minimum atomic E-state index is 0.00615. The molecule has 104 valence electrons. The summed E-state index contributed by atoms with van der Waals surface area (Å²) in [6.07, 6.45) is 4.24. The highest BCUT2D eigenvalue weighted by atomic mass is 79.9. The molecular formula is C13H17BrN2O3. The molecular weight excluding hydrogens is 312 g/mol. The average Bonchev–Trinajstić information content (AvgIpc) is 2.87. The van der Waals surface area contributed by atoms with Crippen LogP contribution in [0.25, 0.3) is 0 Å². The molecule has 0 aliphatic carbocycles. The predicted molar refractivity (Wildman–Crippen MR) is 74.1 cm³/mol. The number of halogens is 1. The Balaban J connectivity index is 1.88. The number of ether oxygens (including phenoxy) is 2. The standard InChI is InChI=1S/C13H17BrN2O3/c1-18-4-5-19-12-2-3-16(9-12)13(17)10-6-11(14)8-15-7-10/h6-8,12H,2-5,9H2,1H3. The van der Waals surface area contributed by atoms with Crippen LogP contribution in [-0.4, -0.2) is 55.3 Å². The lowest BCUT2D eigenvalue weighted by molar-refractivity contribution is 0.0218. The number of carbonyl (C=O) groups excluding carboxylic acids is 1. The summed E-state index contributed by atoms with van der Waals surface area (Å²) in [6, 6.07) is 1.79. The topological polar surface area (TPSA) is 51.7 Å². The number of hydrogen-bond acceptors (Lipinski definition) is 4. The lowest BCUT2D eigenvalue weighted by Crippen LogP contribution is -2.30. The van der Waals surface area contributed by atoms with E-state index in [2.05, 4.69) is 20.9 Å². The van der Waals surface area contributed by atoms with E-state index in [9.17, 15) is 4.79 Å². The van der Waals surface area contributed by atoms with Crippen LogP contribution >= 0.6 is 15.9 Å². The van der Waals surface area contributed by atoms with Gasteiger partial charge in [-0.25, -0.2) is 0 Å². The van der Waals surface area contributed by atoms with Gasteiger partial charge in [-0.05, 0) is 28.4 Å². The summed E-state index contributed by atoms with van der Waals surface area (Å²) >= 11 is 3.32. The Bertz CT molecular complexity index is 442. The van der Waals surface area contributed by atoms with Crippen LogP contribution in [0.3, 0.4) is 0 Å². The first-order chi connectivity index (χ1) is 9.20. The van der Waals surface area contributed by atoms with Gasteiger partial charge in [0, 0.05) is 37.1 Å². The van der Waals surface area contributed by atoms with Crippen molar-refractivity contribution < 1.29 is 14.3 Å². The molecule has 6 heteroatoms. The highest BCUT2D eigenvalue weighted by Gasteiger charge is 2.27. The summed E-state index contributed by atoms with van der Waals surface area (Å²) in [5.74, 6) is 0.00615. The highest BCUT2D eigenvalue weighted by molar-refractivity contribution is 9.10. The van der Waals surface area contributed by atoms with Gasteiger partial charge in [0.15, 0.2) is 0 Å². The molecule has 0 spiro atoms. The summed E-state index contributed by atoms with van der Waals surface area (Å²) in [6.45, 7) is 2.51. The lowest BCUT2D eigenvalue weighted by atomic mass is 10.2. The Morgan fingerprint density at radius 1 is 1.53 bits per heavy atom. The van der Waals surface area contributed by atoms with Crippen molar-refractivity contribution in [1.29, 1.82) is 0 Å². The maximum absolute atomic E-state index is 12.3. The number of methoxy groups -OCH3 is 1. The van der Waals surface area contributed by atoms with E-state index in [-0.39, 0.29) is 12.0 Å². The van der Waals surface area contributed by atoms with E-state index in [1.54, 1.807) is 30.5 Å². The molecule has 2 heterocycles. The third-order valence-corrected chi connectivity index (χ3v) is 3.46. The predicted octanol–water partition coefficient (Wildman–Crippen LogP) is 1.72.